The Kier molecular flexibility index (Phi) is 4.69. The third kappa shape index (κ3) is 4.03. The summed E-state index contributed by atoms with van der Waals surface area (Å²) in [5.41, 5.74) is 2.31. The highest BCUT2D eigenvalue weighted by Gasteiger charge is 2.07. The number of benzene rings is 2. The van der Waals surface area contributed by atoms with Gasteiger partial charge in [-0.2, -0.15) is 0 Å². The first-order valence-corrected chi connectivity index (χ1v) is 6.99. The van der Waals surface area contributed by atoms with Gasteiger partial charge in [-0.15, -0.1) is 0 Å². The second kappa shape index (κ2) is 6.48. The van der Waals surface area contributed by atoms with Gasteiger partial charge in [0.15, 0.2) is 5.78 Å². The number of rotatable bonds is 4. The molecule has 0 aromatic heterocycles. The average molecular weight is 332 g/mol. The Hall–Kier alpha value is -1.94. The number of anilines is 1. The molecular formula is C16H14BrNO2. The summed E-state index contributed by atoms with van der Waals surface area (Å²) in [7, 11) is 0. The third-order valence-electron chi connectivity index (χ3n) is 2.81. The summed E-state index contributed by atoms with van der Waals surface area (Å²) >= 11 is 3.36. The van der Waals surface area contributed by atoms with Crippen molar-refractivity contribution in [3.05, 3.63) is 64.1 Å². The van der Waals surface area contributed by atoms with E-state index in [0.29, 0.717) is 17.7 Å². The largest absolute Gasteiger partial charge is 0.326 e. The second-order valence-corrected chi connectivity index (χ2v) is 5.40. The zero-order chi connectivity index (χ0) is 14.5. The summed E-state index contributed by atoms with van der Waals surface area (Å²) in [6.45, 7) is 1.45. The molecule has 0 aliphatic heterocycles. The van der Waals surface area contributed by atoms with Crippen LogP contribution in [0.5, 0.6) is 0 Å². The van der Waals surface area contributed by atoms with E-state index < -0.39 is 0 Å². The molecule has 0 fully saturated rings. The predicted molar refractivity (Wildman–Crippen MR) is 82.9 cm³/mol. The molecule has 102 valence electrons. The maximum atomic E-state index is 12.1. The Bertz CT molecular complexity index is 618. The van der Waals surface area contributed by atoms with Crippen molar-refractivity contribution in [3.8, 4) is 0 Å². The molecule has 0 heterocycles. The fourth-order valence-electron chi connectivity index (χ4n) is 1.83. The predicted octanol–water partition coefficient (Wildman–Crippen LogP) is 3.83. The zero-order valence-electron chi connectivity index (χ0n) is 11.0. The van der Waals surface area contributed by atoms with Crippen molar-refractivity contribution in [1.29, 1.82) is 0 Å². The van der Waals surface area contributed by atoms with Crippen molar-refractivity contribution in [3.63, 3.8) is 0 Å². The van der Waals surface area contributed by atoms with Crippen molar-refractivity contribution < 1.29 is 9.59 Å². The molecule has 3 nitrogen and oxygen atoms in total. The highest BCUT2D eigenvalue weighted by molar-refractivity contribution is 9.10. The lowest BCUT2D eigenvalue weighted by Crippen LogP contribution is -2.07. The van der Waals surface area contributed by atoms with E-state index in [9.17, 15) is 9.59 Å². The first-order chi connectivity index (χ1) is 9.54. The molecule has 0 saturated heterocycles. The minimum absolute atomic E-state index is 0.0571. The number of carbonyl (C=O) groups is 2. The lowest BCUT2D eigenvalue weighted by atomic mass is 10.0. The van der Waals surface area contributed by atoms with E-state index in [-0.39, 0.29) is 11.7 Å². The molecule has 1 N–H and O–H groups in total. The molecular weight excluding hydrogens is 318 g/mol. The van der Waals surface area contributed by atoms with Crippen LogP contribution in [0.4, 0.5) is 5.69 Å². The maximum Gasteiger partial charge on any atom is 0.221 e. The number of halogens is 1. The Balaban J connectivity index is 2.05. The van der Waals surface area contributed by atoms with E-state index in [1.807, 2.05) is 24.3 Å². The summed E-state index contributed by atoms with van der Waals surface area (Å²) in [5.74, 6) is -0.0689. The Morgan fingerprint density at radius 1 is 1.00 bits per heavy atom. The van der Waals surface area contributed by atoms with Gasteiger partial charge in [-0.1, -0.05) is 28.1 Å². The fourth-order valence-corrected chi connectivity index (χ4v) is 2.10. The van der Waals surface area contributed by atoms with E-state index in [2.05, 4.69) is 21.2 Å². The quantitative estimate of drug-likeness (QED) is 0.865. The van der Waals surface area contributed by atoms with Crippen LogP contribution in [-0.4, -0.2) is 11.7 Å². The van der Waals surface area contributed by atoms with Crippen LogP contribution in [0.15, 0.2) is 53.0 Å². The van der Waals surface area contributed by atoms with Gasteiger partial charge >= 0.3 is 0 Å². The molecule has 0 saturated carbocycles. The lowest BCUT2D eigenvalue weighted by molar-refractivity contribution is -0.114. The third-order valence-corrected chi connectivity index (χ3v) is 3.33. The van der Waals surface area contributed by atoms with Gasteiger partial charge in [0.1, 0.15) is 0 Å². The van der Waals surface area contributed by atoms with Crippen molar-refractivity contribution in [1.82, 2.24) is 0 Å². The number of ketones is 1. The van der Waals surface area contributed by atoms with Gasteiger partial charge in [0, 0.05) is 29.1 Å². The molecule has 2 aromatic carbocycles. The summed E-state index contributed by atoms with van der Waals surface area (Å²) < 4.78 is 0.994. The minimum atomic E-state index is -0.126. The first-order valence-electron chi connectivity index (χ1n) is 6.20. The van der Waals surface area contributed by atoms with Crippen LogP contribution in [0.3, 0.4) is 0 Å². The van der Waals surface area contributed by atoms with Crippen LogP contribution in [-0.2, 0) is 11.2 Å². The van der Waals surface area contributed by atoms with Crippen molar-refractivity contribution in [2.75, 3.05) is 5.32 Å². The Labute approximate surface area is 126 Å². The molecule has 0 aliphatic carbocycles. The van der Waals surface area contributed by atoms with Crippen LogP contribution >= 0.6 is 15.9 Å². The summed E-state index contributed by atoms with van der Waals surface area (Å²) in [6, 6.07) is 14.6. The molecule has 2 rings (SSSR count). The molecule has 1 amide bonds. The Morgan fingerprint density at radius 2 is 1.60 bits per heavy atom. The molecule has 0 bridgehead atoms. The van der Waals surface area contributed by atoms with Gasteiger partial charge in [0.25, 0.3) is 0 Å². The molecule has 0 spiro atoms. The topological polar surface area (TPSA) is 46.2 Å². The van der Waals surface area contributed by atoms with Crippen LogP contribution in [0.1, 0.15) is 22.8 Å². The number of carbonyl (C=O) groups excluding carboxylic acids is 2. The van der Waals surface area contributed by atoms with Gasteiger partial charge in [-0.05, 0) is 42.0 Å². The highest BCUT2D eigenvalue weighted by Crippen LogP contribution is 2.14. The van der Waals surface area contributed by atoms with E-state index in [0.717, 1.165) is 10.0 Å². The van der Waals surface area contributed by atoms with Crippen LogP contribution in [0.2, 0.25) is 0 Å². The summed E-state index contributed by atoms with van der Waals surface area (Å²) in [5, 5.41) is 2.67. The number of hydrogen-bond acceptors (Lipinski definition) is 2. The van der Waals surface area contributed by atoms with Crippen LogP contribution < -0.4 is 5.32 Å². The van der Waals surface area contributed by atoms with Gasteiger partial charge in [0.05, 0.1) is 0 Å². The summed E-state index contributed by atoms with van der Waals surface area (Å²) in [6.07, 6.45) is 0.368. The average Bonchev–Trinajstić information content (AvgIpc) is 2.41. The molecule has 4 heteroatoms. The first kappa shape index (κ1) is 14.5. The fraction of sp³-hybridized carbons (Fsp3) is 0.125. The van der Waals surface area contributed by atoms with Crippen molar-refractivity contribution in [2.24, 2.45) is 0 Å². The van der Waals surface area contributed by atoms with Gasteiger partial charge < -0.3 is 5.32 Å². The highest BCUT2D eigenvalue weighted by atomic mass is 79.9. The summed E-state index contributed by atoms with van der Waals surface area (Å²) in [4.78, 5) is 23.1. The van der Waals surface area contributed by atoms with E-state index in [1.54, 1.807) is 24.3 Å². The van der Waals surface area contributed by atoms with Crippen molar-refractivity contribution in [2.45, 2.75) is 13.3 Å². The van der Waals surface area contributed by atoms with Gasteiger partial charge in [0.2, 0.25) is 5.91 Å². The number of Topliss-reactive ketones (excluding diaryl/α,β-unsaturated/α-hetero) is 1. The van der Waals surface area contributed by atoms with Crippen LogP contribution in [0.25, 0.3) is 0 Å². The maximum absolute atomic E-state index is 12.1. The second-order valence-electron chi connectivity index (χ2n) is 4.48. The number of hydrogen-bond donors (Lipinski definition) is 1. The molecule has 0 radical (unpaired) electrons. The normalized spacial score (nSPS) is 10.1. The molecule has 20 heavy (non-hydrogen) atoms. The number of nitrogens with one attached hydrogen (secondary N) is 1. The molecule has 2 aromatic rings. The van der Waals surface area contributed by atoms with E-state index in [4.69, 9.17) is 0 Å². The molecule has 0 unspecified atom stereocenters. The van der Waals surface area contributed by atoms with E-state index >= 15 is 0 Å². The lowest BCUT2D eigenvalue weighted by Gasteiger charge is -2.05. The molecule has 0 atom stereocenters. The smallest absolute Gasteiger partial charge is 0.221 e. The van der Waals surface area contributed by atoms with Crippen LogP contribution in [0, 0.1) is 0 Å². The van der Waals surface area contributed by atoms with Gasteiger partial charge in [-0.3, -0.25) is 9.59 Å². The number of amides is 1. The van der Waals surface area contributed by atoms with E-state index in [1.165, 1.54) is 6.92 Å². The monoisotopic (exact) mass is 331 g/mol. The zero-order valence-corrected chi connectivity index (χ0v) is 12.6. The standard InChI is InChI=1S/C16H14BrNO2/c1-11(19)18-15-8-4-13(5-9-15)16(20)10-12-2-6-14(17)7-3-12/h2-9H,10H2,1H3,(H,18,19). The molecule has 0 aliphatic rings. The SMILES string of the molecule is CC(=O)Nc1ccc(C(=O)Cc2ccc(Br)cc2)cc1. The minimum Gasteiger partial charge on any atom is -0.326 e. The Morgan fingerprint density at radius 3 is 2.15 bits per heavy atom. The van der Waals surface area contributed by atoms with Gasteiger partial charge in [-0.25, -0.2) is 0 Å². The van der Waals surface area contributed by atoms with Crippen molar-refractivity contribution >= 4 is 33.3 Å².